The molecule has 0 aromatic rings. The van der Waals surface area contributed by atoms with Gasteiger partial charge in [-0.25, -0.2) is 0 Å². The van der Waals surface area contributed by atoms with Crippen LogP contribution in [0.2, 0.25) is 0 Å². The summed E-state index contributed by atoms with van der Waals surface area (Å²) in [6.45, 7) is 4.30. The Morgan fingerprint density at radius 3 is 2.35 bits per heavy atom. The summed E-state index contributed by atoms with van der Waals surface area (Å²) in [6, 6.07) is 0. The van der Waals surface area contributed by atoms with Gasteiger partial charge in [0, 0.05) is 0 Å². The molecule has 3 nitrogen and oxygen atoms in total. The van der Waals surface area contributed by atoms with Gasteiger partial charge in [0.05, 0.1) is 17.6 Å². The zero-order chi connectivity index (χ0) is 12.5. The maximum absolute atomic E-state index is 11.6. The highest BCUT2D eigenvalue weighted by molar-refractivity contribution is 5.74. The Hall–Kier alpha value is -0.570. The lowest BCUT2D eigenvalue weighted by molar-refractivity contribution is -0.154. The van der Waals surface area contributed by atoms with E-state index < -0.39 is 11.4 Å². The summed E-state index contributed by atoms with van der Waals surface area (Å²) < 4.78 is 5.80. The summed E-state index contributed by atoms with van der Waals surface area (Å²) in [5.41, 5.74) is -0.499. The summed E-state index contributed by atoms with van der Waals surface area (Å²) in [7, 11) is 0. The molecule has 1 saturated carbocycles. The monoisotopic (exact) mass is 240 g/mol. The van der Waals surface area contributed by atoms with Crippen LogP contribution in [0, 0.1) is 11.3 Å². The van der Waals surface area contributed by atoms with Crippen molar-refractivity contribution in [3.05, 3.63) is 0 Å². The molecular weight excluding hydrogens is 216 g/mol. The molecule has 3 heteroatoms. The van der Waals surface area contributed by atoms with Crippen molar-refractivity contribution in [2.24, 2.45) is 11.3 Å². The van der Waals surface area contributed by atoms with E-state index >= 15 is 0 Å². The smallest absolute Gasteiger partial charge is 0.309 e. The van der Waals surface area contributed by atoms with Gasteiger partial charge in [-0.1, -0.05) is 6.92 Å². The first kappa shape index (κ1) is 12.9. The fourth-order valence-corrected chi connectivity index (χ4v) is 3.29. The lowest BCUT2D eigenvalue weighted by atomic mass is 9.68. The number of hydrogen-bond acceptors (Lipinski definition) is 2. The fraction of sp³-hybridized carbons (Fsp3) is 0.929. The predicted octanol–water partition coefficient (Wildman–Crippen LogP) is 3.23. The van der Waals surface area contributed by atoms with Gasteiger partial charge in [0.15, 0.2) is 0 Å². The Balaban J connectivity index is 1.99. The van der Waals surface area contributed by atoms with Gasteiger partial charge in [0.2, 0.25) is 0 Å². The Morgan fingerprint density at radius 2 is 1.88 bits per heavy atom. The normalized spacial score (nSPS) is 42.6. The second-order valence-corrected chi connectivity index (χ2v) is 6.12. The van der Waals surface area contributed by atoms with Crippen LogP contribution in [0.15, 0.2) is 0 Å². The molecular formula is C14H24O3. The molecule has 2 unspecified atom stereocenters. The molecule has 1 aliphatic carbocycles. The molecule has 2 aliphatic rings. The van der Waals surface area contributed by atoms with Crippen LogP contribution in [0.3, 0.4) is 0 Å². The van der Waals surface area contributed by atoms with E-state index in [1.165, 1.54) is 0 Å². The number of carbonyl (C=O) groups is 1. The molecule has 2 atom stereocenters. The lowest BCUT2D eigenvalue weighted by Gasteiger charge is -2.37. The van der Waals surface area contributed by atoms with Gasteiger partial charge in [-0.2, -0.15) is 0 Å². The molecule has 0 radical (unpaired) electrons. The van der Waals surface area contributed by atoms with Gasteiger partial charge in [-0.15, -0.1) is 0 Å². The molecule has 1 saturated heterocycles. The van der Waals surface area contributed by atoms with Crippen LogP contribution < -0.4 is 0 Å². The molecule has 2 rings (SSSR count). The molecule has 0 aromatic heterocycles. The van der Waals surface area contributed by atoms with Crippen molar-refractivity contribution >= 4 is 5.97 Å². The van der Waals surface area contributed by atoms with Crippen LogP contribution in [-0.2, 0) is 9.53 Å². The first-order chi connectivity index (χ1) is 8.02. The number of ether oxygens (including phenoxy) is 1. The van der Waals surface area contributed by atoms with Crippen LogP contribution in [0.4, 0.5) is 0 Å². The largest absolute Gasteiger partial charge is 0.481 e. The zero-order valence-electron chi connectivity index (χ0n) is 10.9. The molecule has 0 aromatic carbocycles. The van der Waals surface area contributed by atoms with E-state index in [0.717, 1.165) is 44.9 Å². The topological polar surface area (TPSA) is 46.5 Å². The molecule has 98 valence electrons. The third-order valence-corrected chi connectivity index (χ3v) is 4.62. The third kappa shape index (κ3) is 2.82. The highest BCUT2D eigenvalue weighted by Gasteiger charge is 2.44. The van der Waals surface area contributed by atoms with Crippen molar-refractivity contribution < 1.29 is 14.6 Å². The number of rotatable bonds is 3. The Kier molecular flexibility index (Phi) is 3.76. The van der Waals surface area contributed by atoms with Crippen LogP contribution in [0.1, 0.15) is 58.8 Å². The standard InChI is InChI=1S/C14H24O3/c1-10-5-7-14(8-6-10,13(15)16)9-12-4-3-11(2)17-12/h10-12H,3-9H2,1-2H3,(H,15,16). The maximum atomic E-state index is 11.6. The van der Waals surface area contributed by atoms with E-state index in [4.69, 9.17) is 4.74 Å². The zero-order valence-corrected chi connectivity index (χ0v) is 10.9. The molecule has 0 amide bonds. The molecule has 1 heterocycles. The van der Waals surface area contributed by atoms with Gasteiger partial charge < -0.3 is 9.84 Å². The van der Waals surface area contributed by atoms with E-state index in [1.54, 1.807) is 0 Å². The molecule has 1 N–H and O–H groups in total. The number of aliphatic carboxylic acids is 1. The van der Waals surface area contributed by atoms with Crippen LogP contribution in [-0.4, -0.2) is 23.3 Å². The SMILES string of the molecule is CC1CCC(CC2CCC(C)O2)(C(=O)O)CC1. The maximum Gasteiger partial charge on any atom is 0.309 e. The Bertz CT molecular complexity index is 279. The first-order valence-corrected chi connectivity index (χ1v) is 6.91. The minimum Gasteiger partial charge on any atom is -0.481 e. The summed E-state index contributed by atoms with van der Waals surface area (Å²) in [6.07, 6.45) is 7.09. The Labute approximate surface area is 104 Å². The number of hydrogen-bond donors (Lipinski definition) is 1. The van der Waals surface area contributed by atoms with E-state index in [2.05, 4.69) is 13.8 Å². The summed E-state index contributed by atoms with van der Waals surface area (Å²) in [5, 5.41) is 9.55. The van der Waals surface area contributed by atoms with Gasteiger partial charge in [-0.05, 0) is 57.8 Å². The van der Waals surface area contributed by atoms with E-state index in [0.29, 0.717) is 12.0 Å². The average molecular weight is 240 g/mol. The van der Waals surface area contributed by atoms with Crippen molar-refractivity contribution in [1.29, 1.82) is 0 Å². The Morgan fingerprint density at radius 1 is 1.24 bits per heavy atom. The molecule has 0 spiro atoms. The molecule has 1 aliphatic heterocycles. The van der Waals surface area contributed by atoms with Crippen molar-refractivity contribution in [3.8, 4) is 0 Å². The van der Waals surface area contributed by atoms with Crippen molar-refractivity contribution in [2.75, 3.05) is 0 Å². The summed E-state index contributed by atoms with van der Waals surface area (Å²) >= 11 is 0. The fourth-order valence-electron chi connectivity index (χ4n) is 3.29. The van der Waals surface area contributed by atoms with Gasteiger partial charge >= 0.3 is 5.97 Å². The molecule has 17 heavy (non-hydrogen) atoms. The van der Waals surface area contributed by atoms with E-state index in [-0.39, 0.29) is 6.10 Å². The van der Waals surface area contributed by atoms with Crippen LogP contribution in [0.25, 0.3) is 0 Å². The van der Waals surface area contributed by atoms with Crippen LogP contribution >= 0.6 is 0 Å². The van der Waals surface area contributed by atoms with E-state index in [1.807, 2.05) is 0 Å². The quantitative estimate of drug-likeness (QED) is 0.823. The summed E-state index contributed by atoms with van der Waals surface area (Å²) in [4.78, 5) is 11.6. The van der Waals surface area contributed by atoms with Crippen molar-refractivity contribution in [3.63, 3.8) is 0 Å². The molecule has 0 bridgehead atoms. The van der Waals surface area contributed by atoms with Gasteiger partial charge in [0.25, 0.3) is 0 Å². The van der Waals surface area contributed by atoms with Crippen molar-refractivity contribution in [1.82, 2.24) is 0 Å². The minimum absolute atomic E-state index is 0.175. The number of carboxylic acids is 1. The average Bonchev–Trinajstić information content (AvgIpc) is 2.67. The highest BCUT2D eigenvalue weighted by Crippen LogP contribution is 2.44. The van der Waals surface area contributed by atoms with Crippen LogP contribution in [0.5, 0.6) is 0 Å². The second kappa shape index (κ2) is 4.97. The minimum atomic E-state index is -0.604. The second-order valence-electron chi connectivity index (χ2n) is 6.12. The lowest BCUT2D eigenvalue weighted by Crippen LogP contribution is -2.38. The first-order valence-electron chi connectivity index (χ1n) is 6.91. The number of carboxylic acid groups (broad SMARTS) is 1. The third-order valence-electron chi connectivity index (χ3n) is 4.62. The van der Waals surface area contributed by atoms with E-state index in [9.17, 15) is 9.90 Å². The summed E-state index contributed by atoms with van der Waals surface area (Å²) in [5.74, 6) is 0.0819. The highest BCUT2D eigenvalue weighted by atomic mass is 16.5. The predicted molar refractivity (Wildman–Crippen MR) is 65.9 cm³/mol. The molecule has 2 fully saturated rings. The van der Waals surface area contributed by atoms with Crippen molar-refractivity contribution in [2.45, 2.75) is 71.0 Å². The van der Waals surface area contributed by atoms with Gasteiger partial charge in [0.1, 0.15) is 0 Å². The van der Waals surface area contributed by atoms with Gasteiger partial charge in [-0.3, -0.25) is 4.79 Å².